The highest BCUT2D eigenvalue weighted by molar-refractivity contribution is 6.08. The summed E-state index contributed by atoms with van der Waals surface area (Å²) in [6.45, 7) is 7.64. The average Bonchev–Trinajstić information content (AvgIpc) is 2.67. The van der Waals surface area contributed by atoms with Crippen LogP contribution in [0.3, 0.4) is 0 Å². The number of ether oxygens (including phenoxy) is 1. The van der Waals surface area contributed by atoms with Crippen molar-refractivity contribution in [3.8, 4) is 23.0 Å². The smallest absolute Gasteiger partial charge is 0.233 e. The summed E-state index contributed by atoms with van der Waals surface area (Å²) in [6, 6.07) is 4.63. The number of pyridine rings is 1. The van der Waals surface area contributed by atoms with Crippen molar-refractivity contribution < 1.29 is 14.2 Å². The van der Waals surface area contributed by atoms with Crippen molar-refractivity contribution in [3.05, 3.63) is 36.2 Å². The number of allylic oxidation sites excluding steroid dienone is 1. The topological polar surface area (TPSA) is 130 Å². The summed E-state index contributed by atoms with van der Waals surface area (Å²) in [5.74, 6) is 0.0792. The van der Waals surface area contributed by atoms with E-state index in [2.05, 4.69) is 20.5 Å². The van der Waals surface area contributed by atoms with Crippen LogP contribution in [0.4, 0.5) is 4.39 Å². The van der Waals surface area contributed by atoms with Crippen LogP contribution in [0.5, 0.6) is 11.6 Å². The number of aromatic hydroxyl groups is 1. The normalized spacial score (nSPS) is 23.0. The maximum Gasteiger partial charge on any atom is 0.233 e. The van der Waals surface area contributed by atoms with Gasteiger partial charge in [0.25, 0.3) is 0 Å². The zero-order chi connectivity index (χ0) is 22.1. The molecule has 30 heavy (non-hydrogen) atoms. The lowest BCUT2D eigenvalue weighted by Gasteiger charge is -2.48. The number of piperidine rings is 1. The molecule has 2 aromatic heterocycles. The van der Waals surface area contributed by atoms with E-state index in [4.69, 9.17) is 15.9 Å². The van der Waals surface area contributed by atoms with Gasteiger partial charge in [0.1, 0.15) is 23.2 Å². The van der Waals surface area contributed by atoms with Gasteiger partial charge in [0.15, 0.2) is 6.17 Å². The van der Waals surface area contributed by atoms with E-state index < -0.39 is 17.8 Å². The number of halogens is 1. The predicted octanol–water partition coefficient (Wildman–Crippen LogP) is 2.83. The summed E-state index contributed by atoms with van der Waals surface area (Å²) in [7, 11) is 0. The molecule has 0 radical (unpaired) electrons. The van der Waals surface area contributed by atoms with Crippen molar-refractivity contribution in [3.63, 3.8) is 0 Å². The lowest BCUT2D eigenvalue weighted by atomic mass is 9.79. The number of rotatable bonds is 5. The van der Waals surface area contributed by atoms with Crippen molar-refractivity contribution in [1.82, 2.24) is 20.5 Å². The lowest BCUT2D eigenvalue weighted by Crippen LogP contribution is -2.66. The maximum atomic E-state index is 14.9. The van der Waals surface area contributed by atoms with E-state index in [0.29, 0.717) is 23.3 Å². The van der Waals surface area contributed by atoms with E-state index in [9.17, 15) is 9.50 Å². The molecular formula is C21H27FN6O2. The lowest BCUT2D eigenvalue weighted by molar-refractivity contribution is -0.0281. The standard InChI is InChI=1S/C21H27FN6O2/c1-20(2)8-16(19(22)21(3,4)28-20)30-17-6-5-14(26-27-17)18-15(29)7-12(11-25-18)13(9-23)10-24/h5-7,9-11,16,19,23,28-29H,8,24H2,1-4H3/b13-10+,23-9?/t16-,19-/m0/s1. The molecule has 0 aromatic carbocycles. The molecule has 160 valence electrons. The third-order valence-corrected chi connectivity index (χ3v) is 5.08. The molecule has 2 atom stereocenters. The van der Waals surface area contributed by atoms with E-state index in [-0.39, 0.29) is 22.9 Å². The summed E-state index contributed by atoms with van der Waals surface area (Å²) >= 11 is 0. The molecule has 5 N–H and O–H groups in total. The fraction of sp³-hybridized carbons (Fsp3) is 0.429. The van der Waals surface area contributed by atoms with E-state index in [1.807, 2.05) is 27.7 Å². The molecular weight excluding hydrogens is 387 g/mol. The maximum absolute atomic E-state index is 14.9. The number of aromatic nitrogens is 3. The Hall–Kier alpha value is -3.07. The van der Waals surface area contributed by atoms with Gasteiger partial charge in [-0.2, -0.15) is 0 Å². The van der Waals surface area contributed by atoms with Gasteiger partial charge in [-0.15, -0.1) is 10.2 Å². The van der Waals surface area contributed by atoms with Crippen LogP contribution in [0, 0.1) is 5.41 Å². The minimum Gasteiger partial charge on any atom is -0.506 e. The molecule has 1 fully saturated rings. The minimum atomic E-state index is -1.22. The van der Waals surface area contributed by atoms with Gasteiger partial charge in [0.2, 0.25) is 5.88 Å². The first-order valence-corrected chi connectivity index (χ1v) is 9.62. The third kappa shape index (κ3) is 4.40. The van der Waals surface area contributed by atoms with Gasteiger partial charge in [-0.1, -0.05) is 0 Å². The van der Waals surface area contributed by atoms with Crippen molar-refractivity contribution in [2.75, 3.05) is 0 Å². The molecule has 0 unspecified atom stereocenters. The molecule has 1 aliphatic heterocycles. The Morgan fingerprint density at radius 3 is 2.63 bits per heavy atom. The van der Waals surface area contributed by atoms with Crippen LogP contribution in [0.25, 0.3) is 17.0 Å². The fourth-order valence-corrected chi connectivity index (χ4v) is 3.87. The highest BCUT2D eigenvalue weighted by Gasteiger charge is 2.47. The Morgan fingerprint density at radius 1 is 1.33 bits per heavy atom. The van der Waals surface area contributed by atoms with Crippen molar-refractivity contribution in [1.29, 1.82) is 5.41 Å². The molecule has 0 saturated carbocycles. The molecule has 1 saturated heterocycles. The van der Waals surface area contributed by atoms with Crippen LogP contribution >= 0.6 is 0 Å². The second-order valence-corrected chi connectivity index (χ2v) is 8.61. The Balaban J connectivity index is 1.79. The van der Waals surface area contributed by atoms with Crippen LogP contribution in [0.2, 0.25) is 0 Å². The minimum absolute atomic E-state index is 0.123. The van der Waals surface area contributed by atoms with Gasteiger partial charge in [-0.05, 0) is 39.8 Å². The van der Waals surface area contributed by atoms with Gasteiger partial charge < -0.3 is 26.3 Å². The largest absolute Gasteiger partial charge is 0.506 e. The highest BCUT2D eigenvalue weighted by Crippen LogP contribution is 2.34. The monoisotopic (exact) mass is 414 g/mol. The molecule has 1 aliphatic rings. The third-order valence-electron chi connectivity index (χ3n) is 5.08. The van der Waals surface area contributed by atoms with Gasteiger partial charge in [-0.25, -0.2) is 9.37 Å². The molecule has 2 aromatic rings. The van der Waals surface area contributed by atoms with Crippen LogP contribution < -0.4 is 15.8 Å². The van der Waals surface area contributed by atoms with Crippen LogP contribution in [-0.2, 0) is 0 Å². The van der Waals surface area contributed by atoms with E-state index >= 15 is 0 Å². The van der Waals surface area contributed by atoms with E-state index in [1.54, 1.807) is 12.1 Å². The average molecular weight is 414 g/mol. The fourth-order valence-electron chi connectivity index (χ4n) is 3.87. The second kappa shape index (κ2) is 7.98. The quantitative estimate of drug-likeness (QED) is 0.554. The molecule has 3 heterocycles. The number of nitrogens with one attached hydrogen (secondary N) is 2. The Kier molecular flexibility index (Phi) is 5.76. The molecule has 8 nitrogen and oxygen atoms in total. The first kappa shape index (κ1) is 21.6. The van der Waals surface area contributed by atoms with Gasteiger partial charge in [-0.3, -0.25) is 0 Å². The summed E-state index contributed by atoms with van der Waals surface area (Å²) < 4.78 is 20.7. The van der Waals surface area contributed by atoms with Crippen LogP contribution in [0.1, 0.15) is 39.7 Å². The number of alkyl halides is 1. The molecule has 0 aliphatic carbocycles. The molecule has 0 amide bonds. The van der Waals surface area contributed by atoms with E-state index in [0.717, 1.165) is 6.21 Å². The Morgan fingerprint density at radius 2 is 2.07 bits per heavy atom. The number of hydrogen-bond acceptors (Lipinski definition) is 8. The first-order valence-electron chi connectivity index (χ1n) is 9.62. The van der Waals surface area contributed by atoms with Gasteiger partial charge in [0.05, 0.1) is 0 Å². The van der Waals surface area contributed by atoms with Crippen LogP contribution in [0.15, 0.2) is 30.6 Å². The van der Waals surface area contributed by atoms with Crippen molar-refractivity contribution in [2.24, 2.45) is 5.73 Å². The summed E-state index contributed by atoms with van der Waals surface area (Å²) in [6.07, 6.45) is 2.42. The first-order chi connectivity index (χ1) is 14.1. The number of nitrogens with two attached hydrogens (primary N) is 1. The van der Waals surface area contributed by atoms with Crippen molar-refractivity contribution >= 4 is 11.8 Å². The van der Waals surface area contributed by atoms with Crippen molar-refractivity contribution in [2.45, 2.75) is 57.5 Å². The molecule has 9 heteroatoms. The number of nitrogens with zero attached hydrogens (tertiary/aromatic N) is 3. The second-order valence-electron chi connectivity index (χ2n) is 8.61. The molecule has 0 spiro atoms. The molecule has 0 bridgehead atoms. The summed E-state index contributed by atoms with van der Waals surface area (Å²) in [5.41, 5.74) is 5.94. The summed E-state index contributed by atoms with van der Waals surface area (Å²) in [4.78, 5) is 4.20. The Bertz CT molecular complexity index is 958. The SMILES string of the molecule is CC1(C)C[C@H](Oc2ccc(-c3ncc(/C(C=N)=C/N)cc3O)nn2)[C@H](F)C(C)(C)N1. The zero-order valence-electron chi connectivity index (χ0n) is 17.5. The highest BCUT2D eigenvalue weighted by atomic mass is 19.1. The molecule has 3 rings (SSSR count). The predicted molar refractivity (Wildman–Crippen MR) is 113 cm³/mol. The number of hydrogen-bond donors (Lipinski definition) is 4. The zero-order valence-corrected chi connectivity index (χ0v) is 17.5. The summed E-state index contributed by atoms with van der Waals surface area (Å²) in [5, 5.41) is 29.0. The Labute approximate surface area is 174 Å². The van der Waals surface area contributed by atoms with Crippen LogP contribution in [-0.4, -0.2) is 49.9 Å². The van der Waals surface area contributed by atoms with Gasteiger partial charge >= 0.3 is 0 Å². The van der Waals surface area contributed by atoms with E-state index in [1.165, 1.54) is 18.5 Å². The van der Waals surface area contributed by atoms with Gasteiger partial charge in [0, 0.05) is 53.3 Å².